The van der Waals surface area contributed by atoms with Gasteiger partial charge in [0.1, 0.15) is 12.1 Å². The van der Waals surface area contributed by atoms with Crippen LogP contribution in [0.1, 0.15) is 21.1 Å². The standard InChI is InChI=1S/C20H17N5O2S/c1-13-10-14(2)25(24-13)18-11-19(22-12-21-18)27-16-7-5-15(6-8-16)23-20(26)17-4-3-9-28-17/h3-12H,1-2H3,(H,23,26). The zero-order valence-corrected chi connectivity index (χ0v) is 16.1. The molecule has 4 aromatic rings. The molecule has 0 aliphatic rings. The number of rotatable bonds is 5. The van der Waals surface area contributed by atoms with E-state index in [0.717, 1.165) is 11.4 Å². The highest BCUT2D eigenvalue weighted by molar-refractivity contribution is 7.12. The highest BCUT2D eigenvalue weighted by Gasteiger charge is 2.09. The summed E-state index contributed by atoms with van der Waals surface area (Å²) in [5.41, 5.74) is 2.59. The Morgan fingerprint density at radius 2 is 1.93 bits per heavy atom. The highest BCUT2D eigenvalue weighted by atomic mass is 32.1. The maximum Gasteiger partial charge on any atom is 0.265 e. The van der Waals surface area contributed by atoms with Crippen LogP contribution in [0.15, 0.2) is 60.2 Å². The smallest absolute Gasteiger partial charge is 0.265 e. The molecule has 3 aromatic heterocycles. The lowest BCUT2D eigenvalue weighted by Crippen LogP contribution is -2.09. The Balaban J connectivity index is 1.47. The number of benzene rings is 1. The molecule has 1 aromatic carbocycles. The topological polar surface area (TPSA) is 81.9 Å². The van der Waals surface area contributed by atoms with Crippen molar-refractivity contribution in [3.05, 3.63) is 76.5 Å². The summed E-state index contributed by atoms with van der Waals surface area (Å²) in [4.78, 5) is 21.2. The lowest BCUT2D eigenvalue weighted by atomic mass is 10.3. The molecule has 0 saturated heterocycles. The molecule has 7 nitrogen and oxygen atoms in total. The van der Waals surface area contributed by atoms with Crippen molar-refractivity contribution in [1.82, 2.24) is 19.7 Å². The number of anilines is 1. The molecule has 8 heteroatoms. The van der Waals surface area contributed by atoms with E-state index in [0.29, 0.717) is 28.0 Å². The number of ether oxygens (including phenoxy) is 1. The minimum absolute atomic E-state index is 0.131. The second kappa shape index (κ2) is 7.61. The van der Waals surface area contributed by atoms with Crippen LogP contribution in [0.25, 0.3) is 5.82 Å². The summed E-state index contributed by atoms with van der Waals surface area (Å²) in [6.07, 6.45) is 1.44. The van der Waals surface area contributed by atoms with E-state index < -0.39 is 0 Å². The first-order chi connectivity index (χ1) is 13.6. The molecule has 28 heavy (non-hydrogen) atoms. The fourth-order valence-electron chi connectivity index (χ4n) is 2.69. The molecule has 0 unspecified atom stereocenters. The predicted molar refractivity (Wildman–Crippen MR) is 107 cm³/mol. The van der Waals surface area contributed by atoms with Gasteiger partial charge in [0.15, 0.2) is 5.82 Å². The van der Waals surface area contributed by atoms with Gasteiger partial charge in [-0.05, 0) is 55.6 Å². The maximum absolute atomic E-state index is 12.1. The van der Waals surface area contributed by atoms with Crippen LogP contribution in [-0.4, -0.2) is 25.7 Å². The van der Waals surface area contributed by atoms with Gasteiger partial charge in [0.25, 0.3) is 5.91 Å². The summed E-state index contributed by atoms with van der Waals surface area (Å²) in [7, 11) is 0. The van der Waals surface area contributed by atoms with E-state index in [1.165, 1.54) is 17.7 Å². The maximum atomic E-state index is 12.1. The van der Waals surface area contributed by atoms with Gasteiger partial charge in [-0.1, -0.05) is 6.07 Å². The van der Waals surface area contributed by atoms with Crippen molar-refractivity contribution in [2.45, 2.75) is 13.8 Å². The van der Waals surface area contributed by atoms with Gasteiger partial charge in [-0.2, -0.15) is 5.10 Å². The number of amides is 1. The summed E-state index contributed by atoms with van der Waals surface area (Å²) in [6.45, 7) is 3.90. The van der Waals surface area contributed by atoms with Crippen LogP contribution in [0, 0.1) is 13.8 Å². The molecule has 0 fully saturated rings. The van der Waals surface area contributed by atoms with Gasteiger partial charge >= 0.3 is 0 Å². The van der Waals surface area contributed by atoms with E-state index in [1.807, 2.05) is 31.4 Å². The monoisotopic (exact) mass is 391 g/mol. The van der Waals surface area contributed by atoms with E-state index >= 15 is 0 Å². The van der Waals surface area contributed by atoms with Crippen molar-refractivity contribution < 1.29 is 9.53 Å². The van der Waals surface area contributed by atoms with Gasteiger partial charge < -0.3 is 10.1 Å². The normalized spacial score (nSPS) is 10.6. The quantitative estimate of drug-likeness (QED) is 0.546. The van der Waals surface area contributed by atoms with Gasteiger partial charge in [-0.15, -0.1) is 11.3 Å². The van der Waals surface area contributed by atoms with E-state index in [-0.39, 0.29) is 5.91 Å². The van der Waals surface area contributed by atoms with Gasteiger partial charge in [0.05, 0.1) is 10.6 Å². The van der Waals surface area contributed by atoms with Crippen molar-refractivity contribution in [2.24, 2.45) is 0 Å². The molecule has 1 amide bonds. The number of aromatic nitrogens is 4. The number of nitrogens with zero attached hydrogens (tertiary/aromatic N) is 4. The Morgan fingerprint density at radius 3 is 2.61 bits per heavy atom. The molecule has 3 heterocycles. The minimum Gasteiger partial charge on any atom is -0.439 e. The van der Waals surface area contributed by atoms with Crippen molar-refractivity contribution >= 4 is 22.9 Å². The van der Waals surface area contributed by atoms with Crippen LogP contribution in [0.5, 0.6) is 11.6 Å². The first-order valence-electron chi connectivity index (χ1n) is 8.57. The lowest BCUT2D eigenvalue weighted by Gasteiger charge is -2.08. The van der Waals surface area contributed by atoms with Crippen LogP contribution in [0.4, 0.5) is 5.69 Å². The molecule has 0 aliphatic heterocycles. The molecule has 1 N–H and O–H groups in total. The molecule has 140 valence electrons. The Hall–Kier alpha value is -3.52. The molecule has 4 rings (SSSR count). The Kier molecular flexibility index (Phi) is 4.86. The summed E-state index contributed by atoms with van der Waals surface area (Å²) in [5.74, 6) is 1.52. The summed E-state index contributed by atoms with van der Waals surface area (Å²) >= 11 is 1.40. The molecule has 0 aliphatic carbocycles. The number of nitrogens with one attached hydrogen (secondary N) is 1. The van der Waals surface area contributed by atoms with Crippen LogP contribution in [0.3, 0.4) is 0 Å². The third kappa shape index (κ3) is 3.91. The van der Waals surface area contributed by atoms with E-state index in [1.54, 1.807) is 41.1 Å². The van der Waals surface area contributed by atoms with Crippen molar-refractivity contribution in [1.29, 1.82) is 0 Å². The van der Waals surface area contributed by atoms with Crippen LogP contribution >= 0.6 is 11.3 Å². The lowest BCUT2D eigenvalue weighted by molar-refractivity contribution is 0.103. The van der Waals surface area contributed by atoms with Crippen molar-refractivity contribution in [3.63, 3.8) is 0 Å². The number of carbonyl (C=O) groups is 1. The Bertz CT molecular complexity index is 1100. The third-order valence-corrected chi connectivity index (χ3v) is 4.80. The first-order valence-corrected chi connectivity index (χ1v) is 9.45. The Labute approximate surface area is 165 Å². The highest BCUT2D eigenvalue weighted by Crippen LogP contribution is 2.23. The molecular formula is C20H17N5O2S. The number of hydrogen-bond acceptors (Lipinski definition) is 6. The molecule has 0 bridgehead atoms. The summed E-state index contributed by atoms with van der Waals surface area (Å²) in [5, 5.41) is 9.14. The summed E-state index contributed by atoms with van der Waals surface area (Å²) in [6, 6.07) is 14.4. The van der Waals surface area contributed by atoms with Crippen molar-refractivity contribution in [2.75, 3.05) is 5.32 Å². The number of aryl methyl sites for hydroxylation is 2. The fourth-order valence-corrected chi connectivity index (χ4v) is 3.31. The Morgan fingerprint density at radius 1 is 1.11 bits per heavy atom. The second-order valence-corrected chi connectivity index (χ2v) is 7.06. The summed E-state index contributed by atoms with van der Waals surface area (Å²) < 4.78 is 7.56. The minimum atomic E-state index is -0.131. The molecule has 0 spiro atoms. The van der Waals surface area contributed by atoms with E-state index in [2.05, 4.69) is 20.4 Å². The zero-order valence-electron chi connectivity index (χ0n) is 15.3. The molecule has 0 saturated carbocycles. The van der Waals surface area contributed by atoms with Crippen LogP contribution in [-0.2, 0) is 0 Å². The number of hydrogen-bond donors (Lipinski definition) is 1. The average Bonchev–Trinajstić information content (AvgIpc) is 3.33. The van der Waals surface area contributed by atoms with Gasteiger partial charge in [0, 0.05) is 17.4 Å². The number of carbonyl (C=O) groups excluding carboxylic acids is 1. The molecule has 0 radical (unpaired) electrons. The van der Waals surface area contributed by atoms with E-state index in [4.69, 9.17) is 4.74 Å². The number of thiophene rings is 1. The van der Waals surface area contributed by atoms with Crippen LogP contribution in [0.2, 0.25) is 0 Å². The average molecular weight is 391 g/mol. The third-order valence-electron chi connectivity index (χ3n) is 3.93. The van der Waals surface area contributed by atoms with Crippen LogP contribution < -0.4 is 10.1 Å². The molecule has 0 atom stereocenters. The first kappa shape index (κ1) is 17.9. The van der Waals surface area contributed by atoms with Gasteiger partial charge in [-0.3, -0.25) is 4.79 Å². The van der Waals surface area contributed by atoms with E-state index in [9.17, 15) is 4.79 Å². The largest absolute Gasteiger partial charge is 0.439 e. The fraction of sp³-hybridized carbons (Fsp3) is 0.100. The molecular weight excluding hydrogens is 374 g/mol. The van der Waals surface area contributed by atoms with Crippen molar-refractivity contribution in [3.8, 4) is 17.4 Å². The van der Waals surface area contributed by atoms with Gasteiger partial charge in [0.2, 0.25) is 5.88 Å². The second-order valence-electron chi connectivity index (χ2n) is 6.11. The SMILES string of the molecule is Cc1cc(C)n(-c2cc(Oc3ccc(NC(=O)c4cccs4)cc3)ncn2)n1. The zero-order chi connectivity index (χ0) is 19.5. The van der Waals surface area contributed by atoms with Gasteiger partial charge in [-0.25, -0.2) is 14.6 Å². The predicted octanol–water partition coefficient (Wildman–Crippen LogP) is 4.39.